The van der Waals surface area contributed by atoms with Crippen LogP contribution in [0.2, 0.25) is 0 Å². The van der Waals surface area contributed by atoms with Crippen molar-refractivity contribution < 1.29 is 0 Å². The van der Waals surface area contributed by atoms with Gasteiger partial charge in [0.2, 0.25) is 0 Å². The summed E-state index contributed by atoms with van der Waals surface area (Å²) in [7, 11) is 0. The Bertz CT molecular complexity index is 200. The van der Waals surface area contributed by atoms with Gasteiger partial charge in [-0.15, -0.1) is 0 Å². The smallest absolute Gasteiger partial charge is 0.0210 e. The number of hydrogen-bond acceptors (Lipinski definition) is 0. The summed E-state index contributed by atoms with van der Waals surface area (Å²) in [5.74, 6) is 4.65. The molecule has 68 valence electrons. The Morgan fingerprint density at radius 1 is 1.25 bits per heavy atom. The molecular weight excluding hydrogens is 144 g/mol. The second-order valence-electron chi connectivity index (χ2n) is 5.26. The molecule has 4 saturated carbocycles. The van der Waals surface area contributed by atoms with Gasteiger partial charge in [0.05, 0.1) is 0 Å². The van der Waals surface area contributed by atoms with Crippen LogP contribution in [-0.4, -0.2) is 0 Å². The largest absolute Gasteiger partial charge is 0.0651 e. The molecule has 0 saturated heterocycles. The fourth-order valence-corrected chi connectivity index (χ4v) is 5.46. The molecule has 12 heavy (non-hydrogen) atoms. The summed E-state index contributed by atoms with van der Waals surface area (Å²) >= 11 is 0. The van der Waals surface area contributed by atoms with Gasteiger partial charge in [0, 0.05) is 0 Å². The van der Waals surface area contributed by atoms with E-state index in [0.29, 0.717) is 0 Å². The Morgan fingerprint density at radius 2 is 2.08 bits per heavy atom. The summed E-state index contributed by atoms with van der Waals surface area (Å²) in [6.45, 7) is 4.85. The molecule has 0 amide bonds. The van der Waals surface area contributed by atoms with Crippen LogP contribution in [0.4, 0.5) is 0 Å². The molecule has 5 unspecified atom stereocenters. The van der Waals surface area contributed by atoms with E-state index in [9.17, 15) is 0 Å². The van der Waals surface area contributed by atoms with E-state index in [2.05, 4.69) is 13.8 Å². The van der Waals surface area contributed by atoms with Gasteiger partial charge in [-0.25, -0.2) is 0 Å². The zero-order valence-corrected chi connectivity index (χ0v) is 8.34. The summed E-state index contributed by atoms with van der Waals surface area (Å²) in [6.07, 6.45) is 7.71. The molecule has 0 aromatic heterocycles. The van der Waals surface area contributed by atoms with E-state index in [1.165, 1.54) is 24.7 Å². The van der Waals surface area contributed by atoms with Crippen LogP contribution in [-0.2, 0) is 0 Å². The summed E-state index contributed by atoms with van der Waals surface area (Å²) < 4.78 is 0. The maximum absolute atomic E-state index is 2.44. The number of rotatable bonds is 2. The van der Waals surface area contributed by atoms with Gasteiger partial charge in [-0.2, -0.15) is 0 Å². The van der Waals surface area contributed by atoms with Crippen LogP contribution < -0.4 is 0 Å². The van der Waals surface area contributed by atoms with Crippen LogP contribution in [0.5, 0.6) is 0 Å². The van der Waals surface area contributed by atoms with E-state index in [0.717, 1.165) is 17.3 Å². The first-order valence-electron chi connectivity index (χ1n) is 5.84. The van der Waals surface area contributed by atoms with E-state index in [-0.39, 0.29) is 0 Å². The van der Waals surface area contributed by atoms with Gasteiger partial charge in [-0.05, 0) is 54.8 Å². The third-order valence-electron chi connectivity index (χ3n) is 5.61. The Kier molecular flexibility index (Phi) is 1.28. The van der Waals surface area contributed by atoms with Crippen molar-refractivity contribution >= 4 is 0 Å². The molecule has 4 bridgehead atoms. The van der Waals surface area contributed by atoms with E-state index < -0.39 is 0 Å². The van der Waals surface area contributed by atoms with Gasteiger partial charge in [0.25, 0.3) is 0 Å². The van der Waals surface area contributed by atoms with E-state index in [1.807, 2.05) is 0 Å². The highest BCUT2D eigenvalue weighted by atomic mass is 14.8. The second kappa shape index (κ2) is 2.08. The third-order valence-corrected chi connectivity index (χ3v) is 5.61. The Hall–Kier alpha value is 0. The van der Waals surface area contributed by atoms with Crippen LogP contribution in [0.1, 0.15) is 46.0 Å². The molecule has 4 rings (SSSR count). The highest BCUT2D eigenvalue weighted by Crippen LogP contribution is 2.78. The van der Waals surface area contributed by atoms with Crippen molar-refractivity contribution in [3.05, 3.63) is 0 Å². The highest BCUT2D eigenvalue weighted by molar-refractivity contribution is 5.19. The van der Waals surface area contributed by atoms with Crippen LogP contribution in [0.15, 0.2) is 0 Å². The lowest BCUT2D eigenvalue weighted by Crippen LogP contribution is -2.48. The Morgan fingerprint density at radius 3 is 2.67 bits per heavy atom. The monoisotopic (exact) mass is 164 g/mol. The van der Waals surface area contributed by atoms with Crippen LogP contribution in [0, 0.1) is 29.1 Å². The van der Waals surface area contributed by atoms with Gasteiger partial charge >= 0.3 is 0 Å². The maximum atomic E-state index is 2.44. The highest BCUT2D eigenvalue weighted by Gasteiger charge is 2.71. The molecule has 0 N–H and O–H groups in total. The lowest BCUT2D eigenvalue weighted by Gasteiger charge is -2.53. The predicted molar refractivity (Wildman–Crippen MR) is 50.8 cm³/mol. The van der Waals surface area contributed by atoms with E-state index >= 15 is 0 Å². The van der Waals surface area contributed by atoms with Gasteiger partial charge in [0.1, 0.15) is 0 Å². The Labute approximate surface area is 75.7 Å². The molecular formula is C12H20. The first-order valence-corrected chi connectivity index (χ1v) is 5.84. The normalized spacial score (nSPS) is 60.5. The fraction of sp³-hybridized carbons (Fsp3) is 1.00. The Balaban J connectivity index is 1.97. The van der Waals surface area contributed by atoms with Crippen molar-refractivity contribution in [3.63, 3.8) is 0 Å². The molecule has 0 aliphatic heterocycles. The van der Waals surface area contributed by atoms with Crippen molar-refractivity contribution in [2.75, 3.05) is 0 Å². The summed E-state index contributed by atoms with van der Waals surface area (Å²) in [4.78, 5) is 0. The average Bonchev–Trinajstić information content (AvgIpc) is 2.65. The minimum atomic E-state index is 0.874. The van der Waals surface area contributed by atoms with Gasteiger partial charge < -0.3 is 0 Å². The van der Waals surface area contributed by atoms with Gasteiger partial charge in [0.15, 0.2) is 0 Å². The SMILES string of the molecule is CCC1C2CC3CCC2C31CC. The summed E-state index contributed by atoms with van der Waals surface area (Å²) in [5.41, 5.74) is 0.874. The molecule has 0 radical (unpaired) electrons. The van der Waals surface area contributed by atoms with E-state index in [1.54, 1.807) is 19.3 Å². The lowest BCUT2D eigenvalue weighted by atomic mass is 9.51. The van der Waals surface area contributed by atoms with E-state index in [4.69, 9.17) is 0 Å². The average molecular weight is 164 g/mol. The van der Waals surface area contributed by atoms with Crippen LogP contribution in [0.25, 0.3) is 0 Å². The first kappa shape index (κ1) is 7.41. The van der Waals surface area contributed by atoms with Crippen molar-refractivity contribution in [2.45, 2.75) is 46.0 Å². The van der Waals surface area contributed by atoms with Crippen molar-refractivity contribution in [1.82, 2.24) is 0 Å². The van der Waals surface area contributed by atoms with Crippen molar-refractivity contribution in [1.29, 1.82) is 0 Å². The summed E-state index contributed by atoms with van der Waals surface area (Å²) in [6, 6.07) is 0. The van der Waals surface area contributed by atoms with Gasteiger partial charge in [-0.1, -0.05) is 20.3 Å². The zero-order valence-electron chi connectivity index (χ0n) is 8.34. The minimum absolute atomic E-state index is 0.874. The maximum Gasteiger partial charge on any atom is -0.0210 e. The second-order valence-corrected chi connectivity index (χ2v) is 5.26. The molecule has 4 fully saturated rings. The molecule has 4 aliphatic rings. The van der Waals surface area contributed by atoms with Crippen LogP contribution in [0.3, 0.4) is 0 Å². The molecule has 0 spiro atoms. The fourth-order valence-electron chi connectivity index (χ4n) is 5.46. The quantitative estimate of drug-likeness (QED) is 0.586. The van der Waals surface area contributed by atoms with Crippen molar-refractivity contribution in [2.24, 2.45) is 29.1 Å². The molecule has 0 aromatic rings. The van der Waals surface area contributed by atoms with Crippen LogP contribution >= 0.6 is 0 Å². The molecule has 0 nitrogen and oxygen atoms in total. The third kappa shape index (κ3) is 0.506. The zero-order chi connectivity index (χ0) is 8.34. The number of hydrogen-bond donors (Lipinski definition) is 0. The predicted octanol–water partition coefficient (Wildman–Crippen LogP) is 3.47. The molecule has 0 heterocycles. The lowest BCUT2D eigenvalue weighted by molar-refractivity contribution is -0.0545. The minimum Gasteiger partial charge on any atom is -0.0651 e. The molecule has 4 aliphatic carbocycles. The first-order chi connectivity index (χ1) is 5.84. The van der Waals surface area contributed by atoms with Gasteiger partial charge in [-0.3, -0.25) is 0 Å². The molecule has 5 atom stereocenters. The standard InChI is InChI=1S/C12H20/c1-3-10-9-7-8-5-6-11(9)12(8,10)4-2/h8-11H,3-7H2,1-2H3. The summed E-state index contributed by atoms with van der Waals surface area (Å²) in [5, 5.41) is 0. The van der Waals surface area contributed by atoms with Crippen molar-refractivity contribution in [3.8, 4) is 0 Å². The topological polar surface area (TPSA) is 0 Å². The molecule has 0 heteroatoms. The molecule has 0 aromatic carbocycles.